The number of ether oxygens (including phenoxy) is 3. The molecule has 0 N–H and O–H groups in total. The Hall–Kier alpha value is -2.08. The van der Waals surface area contributed by atoms with Gasteiger partial charge in [-0.3, -0.25) is 0 Å². The third-order valence-electron chi connectivity index (χ3n) is 4.19. The van der Waals surface area contributed by atoms with E-state index in [1.54, 1.807) is 14.2 Å². The first kappa shape index (κ1) is 16.8. The average Bonchev–Trinajstić information content (AvgIpc) is 2.59. The van der Waals surface area contributed by atoms with Crippen LogP contribution in [-0.2, 0) is 10.2 Å². The summed E-state index contributed by atoms with van der Waals surface area (Å²) in [5.74, 6) is 2.12. The van der Waals surface area contributed by atoms with Crippen LogP contribution >= 0.6 is 0 Å². The highest BCUT2D eigenvalue weighted by Gasteiger charge is 2.24. The number of methoxy groups -OCH3 is 2. The molecule has 3 rings (SSSR count). The maximum absolute atomic E-state index is 5.45. The Bertz CT molecular complexity index is 734. The minimum Gasteiger partial charge on any atom is -0.493 e. The molecule has 6 heteroatoms. The van der Waals surface area contributed by atoms with Crippen molar-refractivity contribution in [2.45, 2.75) is 26.2 Å². The Balaban J connectivity index is 2.22. The topological polar surface area (TPSA) is 56.7 Å². The highest BCUT2D eigenvalue weighted by Crippen LogP contribution is 2.36. The van der Waals surface area contributed by atoms with Crippen molar-refractivity contribution in [1.29, 1.82) is 0 Å². The van der Waals surface area contributed by atoms with E-state index < -0.39 is 0 Å². The number of anilines is 1. The highest BCUT2D eigenvalue weighted by molar-refractivity contribution is 5.86. The molecule has 0 spiro atoms. The van der Waals surface area contributed by atoms with Gasteiger partial charge in [0.1, 0.15) is 0 Å². The molecule has 130 valence electrons. The Labute approximate surface area is 142 Å². The first-order valence-corrected chi connectivity index (χ1v) is 8.21. The lowest BCUT2D eigenvalue weighted by atomic mass is 9.89. The largest absolute Gasteiger partial charge is 0.493 e. The van der Waals surface area contributed by atoms with Crippen molar-refractivity contribution in [3.63, 3.8) is 0 Å². The third-order valence-corrected chi connectivity index (χ3v) is 4.19. The molecule has 2 aromatic rings. The van der Waals surface area contributed by atoms with Crippen LogP contribution in [0.1, 0.15) is 26.5 Å². The number of aromatic nitrogens is 2. The van der Waals surface area contributed by atoms with Crippen molar-refractivity contribution in [3.05, 3.63) is 17.8 Å². The summed E-state index contributed by atoms with van der Waals surface area (Å²) in [7, 11) is 3.28. The maximum Gasteiger partial charge on any atom is 0.226 e. The molecule has 6 nitrogen and oxygen atoms in total. The van der Waals surface area contributed by atoms with Crippen LogP contribution < -0.4 is 14.4 Å². The molecule has 1 fully saturated rings. The summed E-state index contributed by atoms with van der Waals surface area (Å²) in [6, 6.07) is 3.90. The van der Waals surface area contributed by atoms with E-state index in [2.05, 4.69) is 25.7 Å². The average molecular weight is 331 g/mol. The molecule has 1 aliphatic rings. The van der Waals surface area contributed by atoms with Gasteiger partial charge in [-0.25, -0.2) is 9.97 Å². The van der Waals surface area contributed by atoms with Crippen LogP contribution in [0, 0.1) is 0 Å². The summed E-state index contributed by atoms with van der Waals surface area (Å²) in [6.07, 6.45) is 0. The zero-order chi connectivity index (χ0) is 17.3. The van der Waals surface area contributed by atoms with E-state index in [4.69, 9.17) is 24.2 Å². The van der Waals surface area contributed by atoms with Gasteiger partial charge < -0.3 is 19.1 Å². The normalized spacial score (nSPS) is 15.6. The molecule has 2 heterocycles. The number of hydrogen-bond donors (Lipinski definition) is 0. The highest BCUT2D eigenvalue weighted by atomic mass is 16.5. The Morgan fingerprint density at radius 2 is 1.62 bits per heavy atom. The molecular formula is C18H25N3O3. The van der Waals surface area contributed by atoms with Crippen molar-refractivity contribution in [2.75, 3.05) is 45.4 Å². The second kappa shape index (κ2) is 6.43. The molecule has 0 radical (unpaired) electrons. The monoisotopic (exact) mass is 331 g/mol. The molecule has 0 atom stereocenters. The SMILES string of the molecule is COc1cc2nc(N3CCOCC3)nc(C(C)(C)C)c2cc1OC. The van der Waals surface area contributed by atoms with Gasteiger partial charge in [0.25, 0.3) is 0 Å². The van der Waals surface area contributed by atoms with Gasteiger partial charge in [0.2, 0.25) is 5.95 Å². The summed E-state index contributed by atoms with van der Waals surface area (Å²) in [6.45, 7) is 9.51. The summed E-state index contributed by atoms with van der Waals surface area (Å²) in [4.78, 5) is 11.8. The number of morpholine rings is 1. The van der Waals surface area contributed by atoms with E-state index >= 15 is 0 Å². The Morgan fingerprint density at radius 3 is 2.21 bits per heavy atom. The van der Waals surface area contributed by atoms with Crippen molar-refractivity contribution in [2.24, 2.45) is 0 Å². The molecule has 0 amide bonds. The van der Waals surface area contributed by atoms with Crippen molar-refractivity contribution in [3.8, 4) is 11.5 Å². The molecule has 24 heavy (non-hydrogen) atoms. The summed E-state index contributed by atoms with van der Waals surface area (Å²) < 4.78 is 16.3. The summed E-state index contributed by atoms with van der Waals surface area (Å²) in [5.41, 5.74) is 1.77. The number of hydrogen-bond acceptors (Lipinski definition) is 6. The maximum atomic E-state index is 5.45. The Kier molecular flexibility index (Phi) is 4.49. The number of benzene rings is 1. The third kappa shape index (κ3) is 3.11. The van der Waals surface area contributed by atoms with Gasteiger partial charge in [0.15, 0.2) is 11.5 Å². The zero-order valence-electron chi connectivity index (χ0n) is 15.0. The van der Waals surface area contributed by atoms with Crippen LogP contribution in [-0.4, -0.2) is 50.5 Å². The molecule has 1 saturated heterocycles. The smallest absolute Gasteiger partial charge is 0.226 e. The molecular weight excluding hydrogens is 306 g/mol. The van der Waals surface area contributed by atoms with E-state index in [1.165, 1.54) is 0 Å². The van der Waals surface area contributed by atoms with Gasteiger partial charge in [-0.15, -0.1) is 0 Å². The fourth-order valence-corrected chi connectivity index (χ4v) is 2.92. The Morgan fingerprint density at radius 1 is 1.00 bits per heavy atom. The van der Waals surface area contributed by atoms with E-state index in [9.17, 15) is 0 Å². The number of fused-ring (bicyclic) bond motifs is 1. The van der Waals surface area contributed by atoms with Crippen LogP contribution in [0.2, 0.25) is 0 Å². The second-order valence-electron chi connectivity index (χ2n) is 6.95. The molecule has 0 aliphatic carbocycles. The fourth-order valence-electron chi connectivity index (χ4n) is 2.92. The first-order valence-electron chi connectivity index (χ1n) is 8.21. The van der Waals surface area contributed by atoms with E-state index in [0.717, 1.165) is 35.6 Å². The molecule has 1 aliphatic heterocycles. The van der Waals surface area contributed by atoms with Crippen LogP contribution in [0.15, 0.2) is 12.1 Å². The molecule has 0 saturated carbocycles. The van der Waals surface area contributed by atoms with Gasteiger partial charge >= 0.3 is 0 Å². The molecule has 1 aromatic heterocycles. The van der Waals surface area contributed by atoms with Crippen LogP contribution in [0.25, 0.3) is 10.9 Å². The zero-order valence-corrected chi connectivity index (χ0v) is 15.0. The minimum atomic E-state index is -0.109. The summed E-state index contributed by atoms with van der Waals surface area (Å²) >= 11 is 0. The lowest BCUT2D eigenvalue weighted by Gasteiger charge is -2.29. The second-order valence-corrected chi connectivity index (χ2v) is 6.95. The van der Waals surface area contributed by atoms with E-state index in [-0.39, 0.29) is 5.41 Å². The lowest BCUT2D eigenvalue weighted by Crippen LogP contribution is -2.37. The standard InChI is InChI=1S/C18H25N3O3/c1-18(2,3)16-12-10-14(22-4)15(23-5)11-13(12)19-17(20-16)21-6-8-24-9-7-21/h10-11H,6-9H2,1-5H3. The number of rotatable bonds is 3. The van der Waals surface area contributed by atoms with Crippen molar-refractivity contribution < 1.29 is 14.2 Å². The fraction of sp³-hybridized carbons (Fsp3) is 0.556. The summed E-state index contributed by atoms with van der Waals surface area (Å²) in [5, 5.41) is 0.997. The minimum absolute atomic E-state index is 0.109. The quantitative estimate of drug-likeness (QED) is 0.862. The predicted octanol–water partition coefficient (Wildman–Crippen LogP) is 2.78. The van der Waals surface area contributed by atoms with Crippen molar-refractivity contribution >= 4 is 16.9 Å². The van der Waals surface area contributed by atoms with Gasteiger partial charge in [-0.05, 0) is 6.07 Å². The first-order chi connectivity index (χ1) is 11.4. The van der Waals surface area contributed by atoms with E-state index in [0.29, 0.717) is 24.7 Å². The van der Waals surface area contributed by atoms with Gasteiger partial charge in [0, 0.05) is 30.0 Å². The number of nitrogens with zero attached hydrogens (tertiary/aromatic N) is 3. The molecule has 0 bridgehead atoms. The van der Waals surface area contributed by atoms with Crippen molar-refractivity contribution in [1.82, 2.24) is 9.97 Å². The van der Waals surface area contributed by atoms with Crippen LogP contribution in [0.3, 0.4) is 0 Å². The predicted molar refractivity (Wildman–Crippen MR) is 94.4 cm³/mol. The van der Waals surface area contributed by atoms with Crippen LogP contribution in [0.4, 0.5) is 5.95 Å². The van der Waals surface area contributed by atoms with Gasteiger partial charge in [-0.2, -0.15) is 0 Å². The van der Waals surface area contributed by atoms with Crippen LogP contribution in [0.5, 0.6) is 11.5 Å². The molecule has 1 aromatic carbocycles. The van der Waals surface area contributed by atoms with Gasteiger partial charge in [-0.1, -0.05) is 20.8 Å². The molecule has 0 unspecified atom stereocenters. The lowest BCUT2D eigenvalue weighted by molar-refractivity contribution is 0.122. The van der Waals surface area contributed by atoms with E-state index in [1.807, 2.05) is 12.1 Å². The van der Waals surface area contributed by atoms with Gasteiger partial charge in [0.05, 0.1) is 38.6 Å².